The van der Waals surface area contributed by atoms with Crippen LogP contribution in [0.25, 0.3) is 16.8 Å². The van der Waals surface area contributed by atoms with Gasteiger partial charge in [-0.25, -0.2) is 4.39 Å². The number of imide groups is 1. The highest BCUT2D eigenvalue weighted by molar-refractivity contribution is 8.18. The number of carbonyl (C=O) groups is 2. The van der Waals surface area contributed by atoms with Crippen molar-refractivity contribution in [2.45, 2.75) is 20.1 Å². The molecule has 4 aromatic carbocycles. The van der Waals surface area contributed by atoms with E-state index < -0.39 is 0 Å². The number of hydrogen-bond acceptors (Lipinski definition) is 5. The van der Waals surface area contributed by atoms with E-state index in [-0.39, 0.29) is 30.1 Å². The summed E-state index contributed by atoms with van der Waals surface area (Å²) in [6, 6.07) is 25.4. The Morgan fingerprint density at radius 3 is 2.38 bits per heavy atom. The molecule has 1 aliphatic rings. The van der Waals surface area contributed by atoms with Crippen LogP contribution in [0, 0.1) is 5.82 Å². The lowest BCUT2D eigenvalue weighted by molar-refractivity contribution is -0.123. The summed E-state index contributed by atoms with van der Waals surface area (Å²) in [5, 5.41) is 1.87. The van der Waals surface area contributed by atoms with Gasteiger partial charge in [-0.3, -0.25) is 14.5 Å². The molecule has 0 atom stereocenters. The number of halogens is 1. The molecule has 186 valence electrons. The first kappa shape index (κ1) is 24.6. The molecule has 0 radical (unpaired) electrons. The number of thioether (sulfide) groups is 1. The number of benzene rings is 4. The molecule has 1 fully saturated rings. The topological polar surface area (TPSA) is 55.8 Å². The molecule has 37 heavy (non-hydrogen) atoms. The van der Waals surface area contributed by atoms with Crippen molar-refractivity contribution in [2.24, 2.45) is 0 Å². The Morgan fingerprint density at radius 2 is 1.59 bits per heavy atom. The van der Waals surface area contributed by atoms with Gasteiger partial charge in [0.2, 0.25) is 0 Å². The highest BCUT2D eigenvalue weighted by Crippen LogP contribution is 2.36. The SMILES string of the molecule is CCOc1cc(/C=C2\SC(=O)N(Cc3ccc4ccccc4c3)C2=O)ccc1OCc1ccc(F)cc1. The molecule has 1 heterocycles. The number of fused-ring (bicyclic) bond motifs is 1. The number of nitrogens with zero attached hydrogens (tertiary/aromatic N) is 1. The van der Waals surface area contributed by atoms with Gasteiger partial charge in [-0.2, -0.15) is 0 Å². The van der Waals surface area contributed by atoms with Crippen LogP contribution in [0.4, 0.5) is 9.18 Å². The Morgan fingerprint density at radius 1 is 0.838 bits per heavy atom. The van der Waals surface area contributed by atoms with Gasteiger partial charge in [-0.1, -0.05) is 54.6 Å². The zero-order valence-electron chi connectivity index (χ0n) is 20.1. The first-order valence-corrected chi connectivity index (χ1v) is 12.7. The lowest BCUT2D eigenvalue weighted by Crippen LogP contribution is -2.27. The minimum Gasteiger partial charge on any atom is -0.490 e. The molecule has 4 aromatic rings. The molecule has 1 saturated heterocycles. The maximum absolute atomic E-state index is 13.2. The monoisotopic (exact) mass is 513 g/mol. The third kappa shape index (κ3) is 5.67. The van der Waals surface area contributed by atoms with Crippen LogP contribution in [0.5, 0.6) is 11.5 Å². The summed E-state index contributed by atoms with van der Waals surface area (Å²) in [5.74, 6) is 0.434. The predicted molar refractivity (Wildman–Crippen MR) is 144 cm³/mol. The van der Waals surface area contributed by atoms with Crippen LogP contribution >= 0.6 is 11.8 Å². The smallest absolute Gasteiger partial charge is 0.293 e. The van der Waals surface area contributed by atoms with Crippen LogP contribution in [0.2, 0.25) is 0 Å². The van der Waals surface area contributed by atoms with Crippen molar-refractivity contribution in [1.29, 1.82) is 0 Å². The van der Waals surface area contributed by atoms with Crippen molar-refractivity contribution in [3.05, 3.63) is 112 Å². The second kappa shape index (κ2) is 10.9. The minimum absolute atomic E-state index is 0.215. The molecule has 0 aromatic heterocycles. The number of hydrogen-bond donors (Lipinski definition) is 0. The molecular formula is C30H24FNO4S. The second-order valence-corrected chi connectivity index (χ2v) is 9.50. The number of carbonyl (C=O) groups excluding carboxylic acids is 2. The summed E-state index contributed by atoms with van der Waals surface area (Å²) >= 11 is 0.927. The fraction of sp³-hybridized carbons (Fsp3) is 0.133. The average molecular weight is 514 g/mol. The van der Waals surface area contributed by atoms with E-state index in [1.54, 1.807) is 36.4 Å². The van der Waals surface area contributed by atoms with Crippen molar-refractivity contribution >= 4 is 39.8 Å². The lowest BCUT2D eigenvalue weighted by atomic mass is 10.1. The van der Waals surface area contributed by atoms with Gasteiger partial charge in [0.15, 0.2) is 11.5 Å². The molecule has 0 bridgehead atoms. The van der Waals surface area contributed by atoms with Crippen LogP contribution < -0.4 is 9.47 Å². The van der Waals surface area contributed by atoms with Gasteiger partial charge in [0.05, 0.1) is 18.1 Å². The van der Waals surface area contributed by atoms with Crippen LogP contribution in [0.1, 0.15) is 23.6 Å². The zero-order chi connectivity index (χ0) is 25.8. The van der Waals surface area contributed by atoms with Gasteiger partial charge >= 0.3 is 0 Å². The van der Waals surface area contributed by atoms with Gasteiger partial charge in [0.25, 0.3) is 11.1 Å². The van der Waals surface area contributed by atoms with Crippen LogP contribution in [-0.4, -0.2) is 22.7 Å². The number of rotatable bonds is 8. The Bertz CT molecular complexity index is 1500. The van der Waals surface area contributed by atoms with Gasteiger partial charge in [-0.05, 0) is 82.6 Å². The molecular weight excluding hydrogens is 489 g/mol. The summed E-state index contributed by atoms with van der Waals surface area (Å²) in [5.41, 5.74) is 2.44. The molecule has 5 nitrogen and oxygen atoms in total. The van der Waals surface area contributed by atoms with Gasteiger partial charge < -0.3 is 9.47 Å². The molecule has 1 aliphatic heterocycles. The standard InChI is InChI=1S/C30H24FNO4S/c1-2-35-27-16-21(10-14-26(27)36-19-20-8-12-25(31)13-9-20)17-28-29(33)32(30(34)37-28)18-22-7-11-23-5-3-4-6-24(23)15-22/h3-17H,2,18-19H2,1H3/b28-17-. The highest BCUT2D eigenvalue weighted by atomic mass is 32.2. The fourth-order valence-corrected chi connectivity index (χ4v) is 4.89. The van der Waals surface area contributed by atoms with Crippen LogP contribution in [0.15, 0.2) is 89.8 Å². The maximum atomic E-state index is 13.2. The summed E-state index contributed by atoms with van der Waals surface area (Å²) < 4.78 is 24.8. The van der Waals surface area contributed by atoms with Crippen molar-refractivity contribution in [1.82, 2.24) is 4.90 Å². The first-order valence-electron chi connectivity index (χ1n) is 11.9. The zero-order valence-corrected chi connectivity index (χ0v) is 21.0. The Balaban J connectivity index is 1.32. The Hall–Kier alpha value is -4.10. The molecule has 0 spiro atoms. The molecule has 5 rings (SSSR count). The summed E-state index contributed by atoms with van der Waals surface area (Å²) in [4.78, 5) is 27.4. The first-order chi connectivity index (χ1) is 18.0. The summed E-state index contributed by atoms with van der Waals surface area (Å²) in [6.07, 6.45) is 1.69. The molecule has 2 amide bonds. The molecule has 0 aliphatic carbocycles. The van der Waals surface area contributed by atoms with Gasteiger partial charge in [0.1, 0.15) is 12.4 Å². The van der Waals surface area contributed by atoms with E-state index in [9.17, 15) is 14.0 Å². The normalized spacial score (nSPS) is 14.5. The number of ether oxygens (including phenoxy) is 2. The summed E-state index contributed by atoms with van der Waals surface area (Å²) in [6.45, 7) is 2.77. The van der Waals surface area contributed by atoms with E-state index in [1.165, 1.54) is 17.0 Å². The third-order valence-corrected chi connectivity index (χ3v) is 6.81. The van der Waals surface area contributed by atoms with Crippen LogP contribution in [0.3, 0.4) is 0 Å². The van der Waals surface area contributed by atoms with E-state index in [0.717, 1.165) is 33.7 Å². The molecule has 0 saturated carbocycles. The largest absolute Gasteiger partial charge is 0.490 e. The fourth-order valence-electron chi connectivity index (χ4n) is 4.05. The van der Waals surface area contributed by atoms with Gasteiger partial charge in [-0.15, -0.1) is 0 Å². The third-order valence-electron chi connectivity index (χ3n) is 5.90. The summed E-state index contributed by atoms with van der Waals surface area (Å²) in [7, 11) is 0. The van der Waals surface area contributed by atoms with E-state index in [0.29, 0.717) is 28.6 Å². The lowest BCUT2D eigenvalue weighted by Gasteiger charge is -2.13. The maximum Gasteiger partial charge on any atom is 0.293 e. The molecule has 7 heteroatoms. The Kier molecular flexibility index (Phi) is 7.23. The van der Waals surface area contributed by atoms with Crippen molar-refractivity contribution < 1.29 is 23.5 Å². The van der Waals surface area contributed by atoms with E-state index in [1.807, 2.05) is 49.4 Å². The second-order valence-electron chi connectivity index (χ2n) is 8.50. The quantitative estimate of drug-likeness (QED) is 0.233. The van der Waals surface area contributed by atoms with E-state index in [2.05, 4.69) is 0 Å². The minimum atomic E-state index is -0.322. The van der Waals surface area contributed by atoms with Gasteiger partial charge in [0, 0.05) is 0 Å². The highest BCUT2D eigenvalue weighted by Gasteiger charge is 2.35. The number of amides is 2. The van der Waals surface area contributed by atoms with Crippen molar-refractivity contribution in [3.63, 3.8) is 0 Å². The predicted octanol–water partition coefficient (Wildman–Crippen LogP) is 7.19. The van der Waals surface area contributed by atoms with Crippen molar-refractivity contribution in [3.8, 4) is 11.5 Å². The Labute approximate surface area is 218 Å². The van der Waals surface area contributed by atoms with Crippen LogP contribution in [-0.2, 0) is 17.9 Å². The molecule has 0 unspecified atom stereocenters. The average Bonchev–Trinajstić information content (AvgIpc) is 3.16. The molecule has 0 N–H and O–H groups in total. The van der Waals surface area contributed by atoms with E-state index in [4.69, 9.17) is 9.47 Å². The van der Waals surface area contributed by atoms with E-state index >= 15 is 0 Å². The van der Waals surface area contributed by atoms with Crippen molar-refractivity contribution in [2.75, 3.05) is 6.61 Å².